The summed E-state index contributed by atoms with van der Waals surface area (Å²) in [7, 11) is 2.13. The molecule has 1 aromatic rings. The molecule has 0 aromatic heterocycles. The Morgan fingerprint density at radius 3 is 1.73 bits per heavy atom. The molecular formula is C26H44N2O2. The first-order valence-corrected chi connectivity index (χ1v) is 12.4. The van der Waals surface area contributed by atoms with Crippen molar-refractivity contribution in [3.05, 3.63) is 29.8 Å². The molecule has 1 aliphatic heterocycles. The highest BCUT2D eigenvalue weighted by Crippen LogP contribution is 2.15. The number of hydrogen-bond donors (Lipinski definition) is 1. The Bertz CT molecular complexity index is 565. The Morgan fingerprint density at radius 1 is 0.733 bits per heavy atom. The number of amides is 1. The van der Waals surface area contributed by atoms with E-state index in [1.54, 1.807) is 12.1 Å². The Balaban J connectivity index is 1.29. The van der Waals surface area contributed by atoms with Gasteiger partial charge in [-0.3, -0.25) is 4.79 Å². The molecule has 1 fully saturated rings. The summed E-state index contributed by atoms with van der Waals surface area (Å²) in [6, 6.07) is 7.62. The molecule has 1 saturated heterocycles. The van der Waals surface area contributed by atoms with E-state index in [4.69, 9.17) is 0 Å². The van der Waals surface area contributed by atoms with Gasteiger partial charge in [-0.1, -0.05) is 76.3 Å². The van der Waals surface area contributed by atoms with Crippen molar-refractivity contribution >= 4 is 5.91 Å². The van der Waals surface area contributed by atoms with Crippen molar-refractivity contribution in [1.82, 2.24) is 9.80 Å². The fourth-order valence-electron chi connectivity index (χ4n) is 4.25. The lowest BCUT2D eigenvalue weighted by Gasteiger charge is -2.32. The maximum absolute atomic E-state index is 12.2. The van der Waals surface area contributed by atoms with Gasteiger partial charge in [0.25, 0.3) is 0 Å². The number of phenolic OH excluding ortho intramolecular Hbond substituents is 1. The average Bonchev–Trinajstić information content (AvgIpc) is 2.75. The van der Waals surface area contributed by atoms with Crippen molar-refractivity contribution in [1.29, 1.82) is 0 Å². The normalized spacial score (nSPS) is 14.9. The molecule has 30 heavy (non-hydrogen) atoms. The van der Waals surface area contributed by atoms with Crippen molar-refractivity contribution in [2.45, 2.75) is 89.9 Å². The zero-order valence-electron chi connectivity index (χ0n) is 19.3. The molecule has 2 rings (SSSR count). The van der Waals surface area contributed by atoms with E-state index in [2.05, 4.69) is 11.9 Å². The Morgan fingerprint density at radius 2 is 1.20 bits per heavy atom. The van der Waals surface area contributed by atoms with E-state index in [-0.39, 0.29) is 0 Å². The number of benzene rings is 1. The first-order chi connectivity index (χ1) is 14.6. The van der Waals surface area contributed by atoms with E-state index in [1.165, 1.54) is 76.2 Å². The van der Waals surface area contributed by atoms with Crippen molar-refractivity contribution in [2.24, 2.45) is 0 Å². The molecule has 1 aromatic carbocycles. The molecule has 1 heterocycles. The summed E-state index contributed by atoms with van der Waals surface area (Å²) in [5, 5.41) is 9.30. The van der Waals surface area contributed by atoms with E-state index in [9.17, 15) is 9.90 Å². The highest BCUT2D eigenvalue weighted by atomic mass is 16.3. The van der Waals surface area contributed by atoms with Crippen LogP contribution in [0, 0.1) is 0 Å². The van der Waals surface area contributed by atoms with Crippen molar-refractivity contribution in [2.75, 3.05) is 33.2 Å². The average molecular weight is 417 g/mol. The summed E-state index contributed by atoms with van der Waals surface area (Å²) in [5.74, 6) is 0.723. The van der Waals surface area contributed by atoms with Crippen LogP contribution in [0.3, 0.4) is 0 Å². The molecule has 1 amide bonds. The lowest BCUT2D eigenvalue weighted by molar-refractivity contribution is -0.132. The SMILES string of the molecule is CN1CCN(C(=O)CCCCCCCCCCCCCCc2ccc(O)cc2)CC1. The number of phenols is 1. The maximum Gasteiger partial charge on any atom is 0.222 e. The quantitative estimate of drug-likeness (QED) is 0.369. The largest absolute Gasteiger partial charge is 0.508 e. The van der Waals surface area contributed by atoms with Gasteiger partial charge >= 0.3 is 0 Å². The zero-order valence-corrected chi connectivity index (χ0v) is 19.3. The lowest BCUT2D eigenvalue weighted by Crippen LogP contribution is -2.47. The molecule has 0 atom stereocenters. The maximum atomic E-state index is 12.2. The van der Waals surface area contributed by atoms with Gasteiger partial charge < -0.3 is 14.9 Å². The zero-order chi connectivity index (χ0) is 21.4. The molecule has 1 aliphatic rings. The van der Waals surface area contributed by atoms with E-state index >= 15 is 0 Å². The van der Waals surface area contributed by atoms with Crippen molar-refractivity contribution in [3.8, 4) is 5.75 Å². The third-order valence-corrected chi connectivity index (χ3v) is 6.40. The van der Waals surface area contributed by atoms with Crippen LogP contribution in [0.2, 0.25) is 0 Å². The third-order valence-electron chi connectivity index (χ3n) is 6.40. The van der Waals surface area contributed by atoms with Gasteiger partial charge in [0, 0.05) is 32.6 Å². The minimum atomic E-state index is 0.357. The standard InChI is InChI=1S/C26H44N2O2/c1-27-20-22-28(23-21-27)26(30)15-13-11-9-7-5-3-2-4-6-8-10-12-14-24-16-18-25(29)19-17-24/h16-19,29H,2-15,20-23H2,1H3. The molecule has 170 valence electrons. The fraction of sp³-hybridized carbons (Fsp3) is 0.731. The van der Waals surface area contributed by atoms with Gasteiger partial charge in [-0.15, -0.1) is 0 Å². The summed E-state index contributed by atoms with van der Waals surface area (Å²) in [5.41, 5.74) is 1.33. The van der Waals surface area contributed by atoms with Gasteiger partial charge in [0.2, 0.25) is 5.91 Å². The molecular weight excluding hydrogens is 372 g/mol. The monoisotopic (exact) mass is 416 g/mol. The van der Waals surface area contributed by atoms with Crippen LogP contribution in [0.15, 0.2) is 24.3 Å². The van der Waals surface area contributed by atoms with Gasteiger partial charge in [0.1, 0.15) is 5.75 Å². The highest BCUT2D eigenvalue weighted by Gasteiger charge is 2.18. The first-order valence-electron chi connectivity index (χ1n) is 12.4. The van der Waals surface area contributed by atoms with Crippen LogP contribution < -0.4 is 0 Å². The van der Waals surface area contributed by atoms with Gasteiger partial charge in [0.05, 0.1) is 0 Å². The number of hydrogen-bond acceptors (Lipinski definition) is 3. The molecule has 4 heteroatoms. The highest BCUT2D eigenvalue weighted by molar-refractivity contribution is 5.76. The van der Waals surface area contributed by atoms with Crippen LogP contribution in [0.1, 0.15) is 89.0 Å². The minimum Gasteiger partial charge on any atom is -0.508 e. The van der Waals surface area contributed by atoms with E-state index in [0.717, 1.165) is 45.4 Å². The minimum absolute atomic E-state index is 0.357. The van der Waals surface area contributed by atoms with Crippen LogP contribution in [-0.2, 0) is 11.2 Å². The van der Waals surface area contributed by atoms with Gasteiger partial charge in [0.15, 0.2) is 0 Å². The number of piperazine rings is 1. The van der Waals surface area contributed by atoms with Crippen LogP contribution in [0.4, 0.5) is 0 Å². The van der Waals surface area contributed by atoms with Crippen LogP contribution in [-0.4, -0.2) is 54.0 Å². The molecule has 4 nitrogen and oxygen atoms in total. The summed E-state index contributed by atoms with van der Waals surface area (Å²) in [6.07, 6.45) is 17.5. The van der Waals surface area contributed by atoms with E-state index in [0.29, 0.717) is 11.7 Å². The second-order valence-corrected chi connectivity index (χ2v) is 9.09. The molecule has 0 saturated carbocycles. The molecule has 0 radical (unpaired) electrons. The van der Waals surface area contributed by atoms with Gasteiger partial charge in [-0.05, 0) is 44.0 Å². The van der Waals surface area contributed by atoms with Gasteiger partial charge in [-0.25, -0.2) is 0 Å². The predicted octanol–water partition coefficient (Wildman–Crippen LogP) is 5.78. The van der Waals surface area contributed by atoms with Gasteiger partial charge in [-0.2, -0.15) is 0 Å². The second kappa shape index (κ2) is 15.3. The third kappa shape index (κ3) is 11.0. The number of carbonyl (C=O) groups excluding carboxylic acids is 1. The fourth-order valence-corrected chi connectivity index (χ4v) is 4.25. The molecule has 0 spiro atoms. The second-order valence-electron chi connectivity index (χ2n) is 9.09. The lowest BCUT2D eigenvalue weighted by atomic mass is 10.0. The smallest absolute Gasteiger partial charge is 0.222 e. The number of carbonyl (C=O) groups is 1. The number of rotatable bonds is 15. The first kappa shape index (κ1) is 24.7. The molecule has 0 unspecified atom stereocenters. The molecule has 1 N–H and O–H groups in total. The number of unbranched alkanes of at least 4 members (excludes halogenated alkanes) is 11. The number of likely N-dealkylation sites (N-methyl/N-ethyl adjacent to an activating group) is 1. The van der Waals surface area contributed by atoms with Crippen LogP contribution in [0.25, 0.3) is 0 Å². The number of aromatic hydroxyl groups is 1. The summed E-state index contributed by atoms with van der Waals surface area (Å²) in [4.78, 5) is 16.5. The van der Waals surface area contributed by atoms with E-state index in [1.807, 2.05) is 17.0 Å². The topological polar surface area (TPSA) is 43.8 Å². The Kier molecular flexibility index (Phi) is 12.6. The predicted molar refractivity (Wildman–Crippen MR) is 126 cm³/mol. The van der Waals surface area contributed by atoms with Crippen molar-refractivity contribution < 1.29 is 9.90 Å². The summed E-state index contributed by atoms with van der Waals surface area (Å²) >= 11 is 0. The van der Waals surface area contributed by atoms with Crippen molar-refractivity contribution in [3.63, 3.8) is 0 Å². The Labute approximate surface area is 184 Å². The summed E-state index contributed by atoms with van der Waals surface area (Å²) in [6.45, 7) is 3.86. The number of aryl methyl sites for hydroxylation is 1. The van der Waals surface area contributed by atoms with E-state index < -0.39 is 0 Å². The Hall–Kier alpha value is -1.55. The van der Waals surface area contributed by atoms with Crippen LogP contribution >= 0.6 is 0 Å². The molecule has 0 bridgehead atoms. The summed E-state index contributed by atoms with van der Waals surface area (Å²) < 4.78 is 0. The molecule has 0 aliphatic carbocycles. The number of nitrogens with zero attached hydrogens (tertiary/aromatic N) is 2. The van der Waals surface area contributed by atoms with Crippen LogP contribution in [0.5, 0.6) is 5.75 Å².